The van der Waals surface area contributed by atoms with Gasteiger partial charge in [0.25, 0.3) is 5.69 Å². The van der Waals surface area contributed by atoms with Crippen LogP contribution in [0.3, 0.4) is 0 Å². The van der Waals surface area contributed by atoms with Crippen LogP contribution >= 0.6 is 0 Å². The minimum atomic E-state index is -1.55. The molecule has 0 aliphatic carbocycles. The molecule has 1 saturated heterocycles. The number of ether oxygens (including phenoxy) is 1. The lowest BCUT2D eigenvalue weighted by Crippen LogP contribution is -2.49. The number of rotatable bonds is 7. The Hall–Kier alpha value is -1.89. The zero-order valence-electron chi connectivity index (χ0n) is 15.9. The Bertz CT molecular complexity index is 799. The molecule has 0 unspecified atom stereocenters. The van der Waals surface area contributed by atoms with E-state index < -0.39 is 37.4 Å². The number of nitro groups is 1. The molecule has 0 saturated carbocycles. The first kappa shape index (κ1) is 21.4. The van der Waals surface area contributed by atoms with Crippen molar-refractivity contribution in [1.29, 1.82) is 5.26 Å². The van der Waals surface area contributed by atoms with Gasteiger partial charge in [-0.2, -0.15) is 5.26 Å². The molecule has 1 aliphatic rings. The molecule has 27 heavy (non-hydrogen) atoms. The number of halogens is 1. The molecule has 7 nitrogen and oxygen atoms in total. The third kappa shape index (κ3) is 4.69. The maximum absolute atomic E-state index is 14.6. The van der Waals surface area contributed by atoms with Crippen LogP contribution < -0.4 is 4.72 Å². The van der Waals surface area contributed by atoms with E-state index in [0.29, 0.717) is 19.6 Å². The summed E-state index contributed by atoms with van der Waals surface area (Å²) in [4.78, 5) is 10.5. The molecule has 1 N–H and O–H groups in total. The van der Waals surface area contributed by atoms with Crippen molar-refractivity contribution < 1.29 is 18.3 Å². The summed E-state index contributed by atoms with van der Waals surface area (Å²) in [5.41, 5.74) is -2.01. The molecule has 0 bridgehead atoms. The second kappa shape index (κ2) is 7.62. The van der Waals surface area contributed by atoms with Crippen molar-refractivity contribution >= 4 is 16.7 Å². The van der Waals surface area contributed by atoms with E-state index in [2.05, 4.69) is 10.8 Å². The van der Waals surface area contributed by atoms with Crippen LogP contribution in [0.15, 0.2) is 18.2 Å². The molecule has 1 aromatic rings. The van der Waals surface area contributed by atoms with Crippen LogP contribution in [-0.2, 0) is 21.3 Å². The van der Waals surface area contributed by atoms with Crippen molar-refractivity contribution in [3.05, 3.63) is 39.7 Å². The normalized spacial score (nSPS) is 19.4. The lowest BCUT2D eigenvalue weighted by Gasteiger charge is -2.40. The fourth-order valence-corrected chi connectivity index (χ4v) is 3.68. The molecule has 148 valence electrons. The smallest absolute Gasteiger partial charge is 0.269 e. The molecule has 1 heterocycles. The molecule has 1 aliphatic heterocycles. The van der Waals surface area contributed by atoms with Gasteiger partial charge in [0.2, 0.25) is 0 Å². The Morgan fingerprint density at radius 2 is 2.04 bits per heavy atom. The van der Waals surface area contributed by atoms with E-state index in [-0.39, 0.29) is 17.7 Å². The summed E-state index contributed by atoms with van der Waals surface area (Å²) < 4.78 is 34.8. The van der Waals surface area contributed by atoms with Gasteiger partial charge in [-0.1, -0.05) is 0 Å². The number of nitriles is 1. The van der Waals surface area contributed by atoms with E-state index in [1.54, 1.807) is 27.7 Å². The zero-order chi connectivity index (χ0) is 20.5. The SMILES string of the molecule is CC(C)(C)[S@@](=O)N[C@@](C)(CCC1(C#N)COC1)c1cc([N+](=O)[O-])ccc1F. The summed E-state index contributed by atoms with van der Waals surface area (Å²) in [7, 11) is -1.55. The molecular weight excluding hydrogens is 373 g/mol. The zero-order valence-corrected chi connectivity index (χ0v) is 16.7. The van der Waals surface area contributed by atoms with Gasteiger partial charge in [-0.3, -0.25) is 10.1 Å². The molecule has 0 aromatic heterocycles. The largest absolute Gasteiger partial charge is 0.378 e. The number of hydrogen-bond acceptors (Lipinski definition) is 5. The van der Waals surface area contributed by atoms with Crippen molar-refractivity contribution in [2.24, 2.45) is 5.41 Å². The molecule has 2 atom stereocenters. The monoisotopic (exact) mass is 397 g/mol. The molecular formula is C18H24FN3O4S. The average Bonchev–Trinajstić information content (AvgIpc) is 2.53. The number of non-ortho nitro benzene ring substituents is 1. The highest BCUT2D eigenvalue weighted by Crippen LogP contribution is 2.39. The van der Waals surface area contributed by atoms with Crippen LogP contribution in [0.25, 0.3) is 0 Å². The van der Waals surface area contributed by atoms with Gasteiger partial charge in [-0.15, -0.1) is 0 Å². The van der Waals surface area contributed by atoms with Gasteiger partial charge in [0.05, 0.1) is 45.5 Å². The quantitative estimate of drug-likeness (QED) is 0.561. The van der Waals surface area contributed by atoms with Gasteiger partial charge >= 0.3 is 0 Å². The van der Waals surface area contributed by atoms with Gasteiger partial charge in [-0.25, -0.2) is 13.3 Å². The van der Waals surface area contributed by atoms with E-state index in [1.165, 1.54) is 6.07 Å². The number of hydrogen-bond donors (Lipinski definition) is 1. The van der Waals surface area contributed by atoms with Crippen LogP contribution in [0, 0.1) is 32.7 Å². The number of benzene rings is 1. The summed E-state index contributed by atoms with van der Waals surface area (Å²) in [5, 5.41) is 20.5. The second-order valence-electron chi connectivity index (χ2n) is 8.12. The van der Waals surface area contributed by atoms with Crippen molar-refractivity contribution in [2.45, 2.75) is 50.8 Å². The molecule has 0 radical (unpaired) electrons. The van der Waals surface area contributed by atoms with Crippen molar-refractivity contribution in [3.63, 3.8) is 0 Å². The molecule has 2 rings (SSSR count). The van der Waals surface area contributed by atoms with Crippen LogP contribution in [0.4, 0.5) is 10.1 Å². The standard InChI is InChI=1S/C18H24FN3O4S/c1-16(2,3)27(25)21-17(4,7-8-18(10-20)11-26-12-18)14-9-13(22(23)24)5-6-15(14)19/h5-6,9,21H,7-8,11-12H2,1-4H3/t17-,27+/m0/s1. The Morgan fingerprint density at radius 3 is 2.48 bits per heavy atom. The lowest BCUT2D eigenvalue weighted by atomic mass is 9.77. The van der Waals surface area contributed by atoms with Crippen molar-refractivity contribution in [3.8, 4) is 6.07 Å². The van der Waals surface area contributed by atoms with Gasteiger partial charge < -0.3 is 4.74 Å². The van der Waals surface area contributed by atoms with E-state index in [0.717, 1.165) is 12.1 Å². The Balaban J connectivity index is 2.43. The summed E-state index contributed by atoms with van der Waals surface area (Å²) in [6.07, 6.45) is 0.653. The second-order valence-corrected chi connectivity index (χ2v) is 10.1. The van der Waals surface area contributed by atoms with Crippen molar-refractivity contribution in [1.82, 2.24) is 4.72 Å². The number of nitrogens with one attached hydrogen (secondary N) is 1. The molecule has 1 fully saturated rings. The van der Waals surface area contributed by atoms with Gasteiger partial charge in [-0.05, 0) is 46.6 Å². The van der Waals surface area contributed by atoms with Gasteiger partial charge in [0.15, 0.2) is 0 Å². The minimum Gasteiger partial charge on any atom is -0.378 e. The first-order valence-electron chi connectivity index (χ1n) is 8.56. The third-order valence-electron chi connectivity index (χ3n) is 4.73. The highest BCUT2D eigenvalue weighted by Gasteiger charge is 2.43. The van der Waals surface area contributed by atoms with E-state index in [9.17, 15) is 24.0 Å². The highest BCUT2D eigenvalue weighted by molar-refractivity contribution is 7.84. The molecule has 1 aromatic carbocycles. The lowest BCUT2D eigenvalue weighted by molar-refractivity contribution is -0.385. The third-order valence-corrected chi connectivity index (χ3v) is 6.48. The predicted molar refractivity (Wildman–Crippen MR) is 99.5 cm³/mol. The molecule has 9 heteroatoms. The summed E-state index contributed by atoms with van der Waals surface area (Å²) in [6, 6.07) is 5.54. The summed E-state index contributed by atoms with van der Waals surface area (Å²) in [6.45, 7) is 7.56. The fraction of sp³-hybridized carbons (Fsp3) is 0.611. The van der Waals surface area contributed by atoms with Crippen LogP contribution in [-0.4, -0.2) is 27.1 Å². The molecule has 0 spiro atoms. The maximum atomic E-state index is 14.6. The first-order valence-corrected chi connectivity index (χ1v) is 9.71. The van der Waals surface area contributed by atoms with E-state index in [4.69, 9.17) is 4.74 Å². The number of nitrogens with zero attached hydrogens (tertiary/aromatic N) is 2. The van der Waals surface area contributed by atoms with Crippen LogP contribution in [0.5, 0.6) is 0 Å². The Kier molecular flexibility index (Phi) is 6.04. The van der Waals surface area contributed by atoms with Crippen LogP contribution in [0.2, 0.25) is 0 Å². The maximum Gasteiger partial charge on any atom is 0.269 e. The summed E-state index contributed by atoms with van der Waals surface area (Å²) >= 11 is 0. The summed E-state index contributed by atoms with van der Waals surface area (Å²) in [5.74, 6) is -0.627. The predicted octanol–water partition coefficient (Wildman–Crippen LogP) is 3.32. The topological polar surface area (TPSA) is 105 Å². The van der Waals surface area contributed by atoms with E-state index >= 15 is 0 Å². The number of nitro benzene ring substituents is 1. The highest BCUT2D eigenvalue weighted by atomic mass is 32.2. The Labute approximate surface area is 160 Å². The first-order chi connectivity index (χ1) is 12.4. The minimum absolute atomic E-state index is 0.0580. The molecule has 0 amide bonds. The average molecular weight is 397 g/mol. The Morgan fingerprint density at radius 1 is 1.41 bits per heavy atom. The van der Waals surface area contributed by atoms with Gasteiger partial charge in [0.1, 0.15) is 11.2 Å². The van der Waals surface area contributed by atoms with E-state index in [1.807, 2.05) is 0 Å². The van der Waals surface area contributed by atoms with Gasteiger partial charge in [0, 0.05) is 17.7 Å². The fourth-order valence-electron chi connectivity index (χ4n) is 2.75. The van der Waals surface area contributed by atoms with Crippen LogP contribution in [0.1, 0.15) is 46.1 Å². The van der Waals surface area contributed by atoms with Crippen molar-refractivity contribution in [2.75, 3.05) is 13.2 Å².